The molecule has 2 aromatic rings. The first-order valence-electron chi connectivity index (χ1n) is 11.5. The monoisotopic (exact) mass is 596 g/mol. The molecule has 2 heterocycles. The number of esters is 1. The van der Waals surface area contributed by atoms with E-state index in [1.807, 2.05) is 89.9 Å². The van der Waals surface area contributed by atoms with Crippen LogP contribution < -0.4 is 4.90 Å². The predicted octanol–water partition coefficient (Wildman–Crippen LogP) is 4.88. The van der Waals surface area contributed by atoms with Crippen molar-refractivity contribution >= 4 is 46.2 Å². The van der Waals surface area contributed by atoms with Crippen molar-refractivity contribution in [2.24, 2.45) is 0 Å². The molecule has 2 aromatic carbocycles. The van der Waals surface area contributed by atoms with Crippen LogP contribution in [0.3, 0.4) is 0 Å². The van der Waals surface area contributed by atoms with Crippen molar-refractivity contribution in [2.45, 2.75) is 30.0 Å². The van der Waals surface area contributed by atoms with Gasteiger partial charge in [-0.05, 0) is 45.9 Å². The molecule has 2 aliphatic heterocycles. The molecule has 2 spiro atoms. The molecule has 36 heavy (non-hydrogen) atoms. The molecular formula is C28H25IN2O5. The number of carbonyl (C=O) groups excluding carboxylic acids is 3. The number of fused-ring (bicyclic) bond motifs is 1. The Balaban J connectivity index is 1.60. The fourth-order valence-electron chi connectivity index (χ4n) is 5.40. The van der Waals surface area contributed by atoms with Gasteiger partial charge < -0.3 is 14.4 Å². The summed E-state index contributed by atoms with van der Waals surface area (Å²) < 4.78 is 10.8. The van der Waals surface area contributed by atoms with Crippen molar-refractivity contribution in [1.82, 2.24) is 4.90 Å². The summed E-state index contributed by atoms with van der Waals surface area (Å²) in [6.07, 6.45) is 9.22. The molecule has 1 aliphatic carbocycles. The van der Waals surface area contributed by atoms with E-state index in [1.165, 1.54) is 14.2 Å². The van der Waals surface area contributed by atoms with E-state index in [1.54, 1.807) is 4.90 Å². The van der Waals surface area contributed by atoms with Gasteiger partial charge >= 0.3 is 12.1 Å². The first kappa shape index (κ1) is 24.3. The fourth-order valence-corrected chi connectivity index (χ4v) is 6.19. The summed E-state index contributed by atoms with van der Waals surface area (Å²) in [5.41, 5.74) is 0.755. The average molecular weight is 596 g/mol. The maximum Gasteiger partial charge on any atom is 0.415 e. The number of methoxy groups -OCH3 is 2. The molecule has 1 unspecified atom stereocenters. The molecule has 5 rings (SSSR count). The molecule has 0 bridgehead atoms. The number of nitrogens with zero attached hydrogens (tertiary/aromatic N) is 2. The zero-order valence-corrected chi connectivity index (χ0v) is 22.0. The summed E-state index contributed by atoms with van der Waals surface area (Å²) in [4.78, 5) is 42.2. The number of benzene rings is 2. The van der Waals surface area contributed by atoms with E-state index in [-0.39, 0.29) is 18.3 Å². The van der Waals surface area contributed by atoms with Crippen LogP contribution >= 0.6 is 22.6 Å². The minimum atomic E-state index is -1.00. The summed E-state index contributed by atoms with van der Waals surface area (Å²) in [7, 11) is 2.69. The van der Waals surface area contributed by atoms with E-state index in [0.717, 1.165) is 11.1 Å². The Morgan fingerprint density at radius 2 is 1.61 bits per heavy atom. The number of ether oxygens (including phenoxy) is 2. The van der Waals surface area contributed by atoms with Gasteiger partial charge in [-0.2, -0.15) is 0 Å². The zero-order valence-electron chi connectivity index (χ0n) is 19.9. The summed E-state index contributed by atoms with van der Waals surface area (Å²) in [6.45, 7) is 0.427. The SMILES string of the molecule is COC(=O)CC1c2ccccc2N(C(=O)OC)C12C=CC1(C=C2)C=C(I)C(=O)N1Cc1ccccc1. The fraction of sp³-hybridized carbons (Fsp3) is 0.250. The third kappa shape index (κ3) is 3.75. The van der Waals surface area contributed by atoms with E-state index < -0.39 is 23.1 Å². The standard InChI is InChI=1S/C28H25IN2O5/c1-35-24(32)16-21-20-10-6-7-11-23(20)31(26(34)36-2)28(21)14-12-27(13-15-28)17-22(29)25(33)30(27)18-19-8-4-3-5-9-19/h3-15,17,21H,16,18H2,1-2H3. The van der Waals surface area contributed by atoms with Gasteiger partial charge in [0.2, 0.25) is 0 Å². The Labute approximate surface area is 223 Å². The second-order valence-electron chi connectivity index (χ2n) is 9.01. The van der Waals surface area contributed by atoms with Gasteiger partial charge in [-0.15, -0.1) is 0 Å². The van der Waals surface area contributed by atoms with E-state index in [2.05, 4.69) is 22.6 Å². The van der Waals surface area contributed by atoms with E-state index in [9.17, 15) is 14.4 Å². The highest BCUT2D eigenvalue weighted by molar-refractivity contribution is 14.1. The predicted molar refractivity (Wildman–Crippen MR) is 144 cm³/mol. The molecule has 1 atom stereocenters. The highest BCUT2D eigenvalue weighted by Gasteiger charge is 2.55. The zero-order chi connectivity index (χ0) is 25.5. The lowest BCUT2D eigenvalue weighted by molar-refractivity contribution is -0.141. The molecule has 0 radical (unpaired) electrons. The average Bonchev–Trinajstić information content (AvgIpc) is 3.29. The number of carbonyl (C=O) groups is 3. The maximum absolute atomic E-state index is 13.2. The normalized spacial score (nSPS) is 25.9. The maximum atomic E-state index is 13.2. The second-order valence-corrected chi connectivity index (χ2v) is 10.2. The first-order chi connectivity index (χ1) is 17.3. The number of hydrogen-bond acceptors (Lipinski definition) is 5. The van der Waals surface area contributed by atoms with E-state index in [4.69, 9.17) is 9.47 Å². The quantitative estimate of drug-likeness (QED) is 0.286. The Bertz CT molecular complexity index is 1300. The van der Waals surface area contributed by atoms with Gasteiger partial charge in [0.1, 0.15) is 5.54 Å². The summed E-state index contributed by atoms with van der Waals surface area (Å²) >= 11 is 2.07. The van der Waals surface area contributed by atoms with Gasteiger partial charge in [0, 0.05) is 12.5 Å². The molecule has 8 heteroatoms. The van der Waals surface area contributed by atoms with Crippen LogP contribution in [0.1, 0.15) is 23.5 Å². The minimum Gasteiger partial charge on any atom is -0.469 e. The number of amides is 2. The molecule has 7 nitrogen and oxygen atoms in total. The molecule has 0 saturated carbocycles. The number of hydrogen-bond donors (Lipinski definition) is 0. The van der Waals surface area contributed by atoms with Gasteiger partial charge in [-0.25, -0.2) is 4.79 Å². The number of rotatable bonds is 4. The van der Waals surface area contributed by atoms with Crippen LogP contribution in [-0.2, 0) is 25.6 Å². The number of para-hydroxylation sites is 1. The van der Waals surface area contributed by atoms with Gasteiger partial charge in [0.25, 0.3) is 5.91 Å². The van der Waals surface area contributed by atoms with Crippen LogP contribution in [0.2, 0.25) is 0 Å². The largest absolute Gasteiger partial charge is 0.469 e. The van der Waals surface area contributed by atoms with Crippen molar-refractivity contribution in [2.75, 3.05) is 19.1 Å². The third-order valence-corrected chi connectivity index (χ3v) is 7.92. The Morgan fingerprint density at radius 3 is 2.28 bits per heavy atom. The van der Waals surface area contributed by atoms with Crippen molar-refractivity contribution in [3.63, 3.8) is 0 Å². The lowest BCUT2D eigenvalue weighted by Crippen LogP contribution is -2.53. The number of halogens is 1. The van der Waals surface area contributed by atoms with E-state index in [0.29, 0.717) is 15.8 Å². The lowest BCUT2D eigenvalue weighted by Gasteiger charge is -2.43. The minimum absolute atomic E-state index is 0.0599. The van der Waals surface area contributed by atoms with Gasteiger partial charge in [0.15, 0.2) is 0 Å². The van der Waals surface area contributed by atoms with Gasteiger partial charge in [-0.1, -0.05) is 72.8 Å². The summed E-state index contributed by atoms with van der Waals surface area (Å²) in [5.74, 6) is -0.831. The van der Waals surface area contributed by atoms with Gasteiger partial charge in [-0.3, -0.25) is 14.5 Å². The van der Waals surface area contributed by atoms with Crippen LogP contribution in [-0.4, -0.2) is 48.2 Å². The van der Waals surface area contributed by atoms with Crippen molar-refractivity contribution in [1.29, 1.82) is 0 Å². The highest BCUT2D eigenvalue weighted by atomic mass is 127. The topological polar surface area (TPSA) is 76.1 Å². The lowest BCUT2D eigenvalue weighted by atomic mass is 9.74. The molecule has 2 amide bonds. The van der Waals surface area contributed by atoms with Crippen LogP contribution in [0.15, 0.2) is 88.6 Å². The van der Waals surface area contributed by atoms with Gasteiger partial charge in [0.05, 0.1) is 35.4 Å². The summed E-state index contributed by atoms with van der Waals surface area (Å²) in [6, 6.07) is 17.3. The van der Waals surface area contributed by atoms with Crippen LogP contribution in [0, 0.1) is 0 Å². The molecular weight excluding hydrogens is 571 g/mol. The Hall–Kier alpha value is -3.40. The van der Waals surface area contributed by atoms with Crippen molar-refractivity contribution in [3.8, 4) is 0 Å². The van der Waals surface area contributed by atoms with E-state index >= 15 is 0 Å². The first-order valence-corrected chi connectivity index (χ1v) is 12.6. The van der Waals surface area contributed by atoms with Crippen molar-refractivity contribution in [3.05, 3.63) is 99.7 Å². The molecule has 184 valence electrons. The smallest absolute Gasteiger partial charge is 0.415 e. The van der Waals surface area contributed by atoms with Crippen LogP contribution in [0.5, 0.6) is 0 Å². The number of anilines is 1. The Morgan fingerprint density at radius 1 is 0.944 bits per heavy atom. The molecule has 3 aliphatic rings. The van der Waals surface area contributed by atoms with Crippen molar-refractivity contribution < 1.29 is 23.9 Å². The molecule has 0 saturated heterocycles. The molecule has 0 N–H and O–H groups in total. The van der Waals surface area contributed by atoms with Crippen LogP contribution in [0.4, 0.5) is 10.5 Å². The Kier molecular flexibility index (Phi) is 6.23. The summed E-state index contributed by atoms with van der Waals surface area (Å²) in [5, 5.41) is 0. The highest BCUT2D eigenvalue weighted by Crippen LogP contribution is 2.54. The van der Waals surface area contributed by atoms with Crippen LogP contribution in [0.25, 0.3) is 0 Å². The second kappa shape index (κ2) is 9.24. The molecule has 0 aromatic heterocycles. The molecule has 0 fully saturated rings. The third-order valence-electron chi connectivity index (χ3n) is 7.15.